The van der Waals surface area contributed by atoms with Gasteiger partial charge in [-0.25, -0.2) is 13.8 Å². The molecule has 24 heavy (non-hydrogen) atoms. The molecule has 0 spiro atoms. The number of nitrogens with one attached hydrogen (secondary N) is 2. The quantitative estimate of drug-likeness (QED) is 0.859. The normalized spacial score (nSPS) is 15.1. The minimum atomic E-state index is -0.688. The number of carbonyl (C=O) groups excluding carboxylic acids is 1. The van der Waals surface area contributed by atoms with Crippen LogP contribution >= 0.6 is 0 Å². The minimum absolute atomic E-state index is 0.0294. The highest BCUT2D eigenvalue weighted by Gasteiger charge is 2.21. The summed E-state index contributed by atoms with van der Waals surface area (Å²) in [4.78, 5) is 16.3. The highest BCUT2D eigenvalue weighted by atomic mass is 19.1. The zero-order valence-corrected chi connectivity index (χ0v) is 13.2. The molecule has 1 aromatic carbocycles. The number of anilines is 3. The Morgan fingerprint density at radius 1 is 1.08 bits per heavy atom. The topological polar surface area (TPSA) is 54.0 Å². The van der Waals surface area contributed by atoms with Gasteiger partial charge in [0.05, 0.1) is 17.6 Å². The van der Waals surface area contributed by atoms with Gasteiger partial charge in [0.2, 0.25) is 5.91 Å². The highest BCUT2D eigenvalue weighted by molar-refractivity contribution is 5.92. The van der Waals surface area contributed by atoms with Gasteiger partial charge in [-0.1, -0.05) is 19.3 Å². The number of hydrogen-bond donors (Lipinski definition) is 2. The molecule has 1 amide bonds. The Bertz CT molecular complexity index is 713. The third-order valence-corrected chi connectivity index (χ3v) is 4.20. The number of rotatable bonds is 4. The molecule has 1 aliphatic carbocycles. The maximum absolute atomic E-state index is 13.6. The Labute approximate surface area is 139 Å². The van der Waals surface area contributed by atoms with Crippen molar-refractivity contribution in [2.75, 3.05) is 10.6 Å². The molecule has 0 saturated heterocycles. The molecular formula is C18H19F2N3O. The van der Waals surface area contributed by atoms with Crippen molar-refractivity contribution >= 4 is 23.1 Å². The Balaban J connectivity index is 1.61. The van der Waals surface area contributed by atoms with Gasteiger partial charge in [0.1, 0.15) is 17.5 Å². The molecule has 0 bridgehead atoms. The summed E-state index contributed by atoms with van der Waals surface area (Å²) in [6.07, 6.45) is 6.78. The summed E-state index contributed by atoms with van der Waals surface area (Å²) >= 11 is 0. The van der Waals surface area contributed by atoms with Crippen LogP contribution in [0.3, 0.4) is 0 Å². The molecule has 126 valence electrons. The van der Waals surface area contributed by atoms with Crippen LogP contribution in [0.25, 0.3) is 0 Å². The highest BCUT2D eigenvalue weighted by Crippen LogP contribution is 2.25. The monoisotopic (exact) mass is 331 g/mol. The second kappa shape index (κ2) is 7.38. The maximum Gasteiger partial charge on any atom is 0.227 e. The largest absolute Gasteiger partial charge is 0.338 e. The number of halogens is 2. The van der Waals surface area contributed by atoms with Gasteiger partial charge in [-0.05, 0) is 37.1 Å². The summed E-state index contributed by atoms with van der Waals surface area (Å²) in [6, 6.07) is 6.63. The van der Waals surface area contributed by atoms with Gasteiger partial charge in [-0.15, -0.1) is 0 Å². The van der Waals surface area contributed by atoms with Crippen molar-refractivity contribution in [3.05, 3.63) is 48.2 Å². The van der Waals surface area contributed by atoms with E-state index >= 15 is 0 Å². The van der Waals surface area contributed by atoms with Crippen LogP contribution in [0.4, 0.5) is 26.0 Å². The van der Waals surface area contributed by atoms with Crippen LogP contribution in [-0.2, 0) is 4.79 Å². The zero-order chi connectivity index (χ0) is 16.9. The number of hydrogen-bond acceptors (Lipinski definition) is 3. The third kappa shape index (κ3) is 4.07. The van der Waals surface area contributed by atoms with Crippen LogP contribution in [0.2, 0.25) is 0 Å². The van der Waals surface area contributed by atoms with Crippen LogP contribution < -0.4 is 10.6 Å². The second-order valence-corrected chi connectivity index (χ2v) is 6.01. The van der Waals surface area contributed by atoms with E-state index in [1.54, 1.807) is 12.1 Å². The molecule has 3 rings (SSSR count). The molecule has 0 unspecified atom stereocenters. The Morgan fingerprint density at radius 3 is 2.54 bits per heavy atom. The first-order valence-corrected chi connectivity index (χ1v) is 8.11. The molecule has 1 saturated carbocycles. The molecule has 0 atom stereocenters. The van der Waals surface area contributed by atoms with E-state index in [4.69, 9.17) is 0 Å². The molecule has 1 fully saturated rings. The lowest BCUT2D eigenvalue weighted by Crippen LogP contribution is -2.24. The fourth-order valence-electron chi connectivity index (χ4n) is 2.88. The van der Waals surface area contributed by atoms with Gasteiger partial charge in [0, 0.05) is 12.0 Å². The number of nitrogens with zero attached hydrogens (tertiary/aromatic N) is 1. The van der Waals surface area contributed by atoms with Crippen molar-refractivity contribution in [1.82, 2.24) is 4.98 Å². The SMILES string of the molecule is O=C(Nc1ccc(Nc2ccc(F)cc2F)nc1)C1CCCCC1. The fourth-order valence-corrected chi connectivity index (χ4v) is 2.88. The average molecular weight is 331 g/mol. The van der Waals surface area contributed by atoms with Crippen molar-refractivity contribution in [1.29, 1.82) is 0 Å². The summed E-state index contributed by atoms with van der Waals surface area (Å²) in [7, 11) is 0. The van der Waals surface area contributed by atoms with Gasteiger partial charge in [0.15, 0.2) is 0 Å². The first-order chi connectivity index (χ1) is 11.6. The summed E-state index contributed by atoms with van der Waals surface area (Å²) in [5.41, 5.74) is 0.749. The van der Waals surface area contributed by atoms with E-state index in [0.717, 1.165) is 31.7 Å². The first-order valence-electron chi connectivity index (χ1n) is 8.11. The van der Waals surface area contributed by atoms with Crippen LogP contribution in [0.5, 0.6) is 0 Å². The molecule has 1 aliphatic rings. The molecule has 4 nitrogen and oxygen atoms in total. The predicted molar refractivity (Wildman–Crippen MR) is 89.1 cm³/mol. The van der Waals surface area contributed by atoms with Crippen molar-refractivity contribution in [3.63, 3.8) is 0 Å². The molecule has 6 heteroatoms. The minimum Gasteiger partial charge on any atom is -0.338 e. The van der Waals surface area contributed by atoms with Crippen molar-refractivity contribution in [2.45, 2.75) is 32.1 Å². The Kier molecular flexibility index (Phi) is 5.03. The molecular weight excluding hydrogens is 312 g/mol. The molecule has 0 radical (unpaired) electrons. The van der Waals surface area contributed by atoms with Crippen molar-refractivity contribution in [3.8, 4) is 0 Å². The molecule has 0 aliphatic heterocycles. The number of amides is 1. The Morgan fingerprint density at radius 2 is 1.88 bits per heavy atom. The van der Waals surface area contributed by atoms with Gasteiger partial charge in [-0.2, -0.15) is 0 Å². The molecule has 2 aromatic rings. The third-order valence-electron chi connectivity index (χ3n) is 4.20. The number of carbonyl (C=O) groups is 1. The van der Waals surface area contributed by atoms with Crippen molar-refractivity contribution < 1.29 is 13.6 Å². The lowest BCUT2D eigenvalue weighted by molar-refractivity contribution is -0.120. The van der Waals surface area contributed by atoms with Crippen LogP contribution in [0.15, 0.2) is 36.5 Å². The van der Waals surface area contributed by atoms with Crippen LogP contribution in [-0.4, -0.2) is 10.9 Å². The van der Waals surface area contributed by atoms with Crippen molar-refractivity contribution in [2.24, 2.45) is 5.92 Å². The lowest BCUT2D eigenvalue weighted by atomic mass is 9.88. The summed E-state index contributed by atoms with van der Waals surface area (Å²) < 4.78 is 26.5. The molecule has 2 N–H and O–H groups in total. The van der Waals surface area contributed by atoms with Gasteiger partial charge in [0.25, 0.3) is 0 Å². The van der Waals surface area contributed by atoms with E-state index in [0.29, 0.717) is 11.5 Å². The number of benzene rings is 1. The summed E-state index contributed by atoms with van der Waals surface area (Å²) in [5, 5.41) is 5.65. The number of pyridine rings is 1. The summed E-state index contributed by atoms with van der Waals surface area (Å²) in [6.45, 7) is 0. The smallest absolute Gasteiger partial charge is 0.227 e. The summed E-state index contributed by atoms with van der Waals surface area (Å²) in [5.74, 6) is -0.805. The lowest BCUT2D eigenvalue weighted by Gasteiger charge is -2.20. The molecule has 1 heterocycles. The Hall–Kier alpha value is -2.50. The maximum atomic E-state index is 13.6. The van der Waals surface area contributed by atoms with E-state index < -0.39 is 11.6 Å². The number of aromatic nitrogens is 1. The van der Waals surface area contributed by atoms with E-state index in [2.05, 4.69) is 15.6 Å². The predicted octanol–water partition coefficient (Wildman–Crippen LogP) is 4.62. The van der Waals surface area contributed by atoms with Crippen LogP contribution in [0, 0.1) is 17.6 Å². The van der Waals surface area contributed by atoms with E-state index in [1.165, 1.54) is 24.8 Å². The van der Waals surface area contributed by atoms with Gasteiger partial charge < -0.3 is 10.6 Å². The first kappa shape index (κ1) is 16.4. The molecule has 1 aromatic heterocycles. The van der Waals surface area contributed by atoms with Crippen LogP contribution in [0.1, 0.15) is 32.1 Å². The average Bonchev–Trinajstić information content (AvgIpc) is 2.60. The fraction of sp³-hybridized carbons (Fsp3) is 0.333. The van der Waals surface area contributed by atoms with Gasteiger partial charge >= 0.3 is 0 Å². The van der Waals surface area contributed by atoms with E-state index in [1.807, 2.05) is 0 Å². The van der Waals surface area contributed by atoms with Gasteiger partial charge in [-0.3, -0.25) is 4.79 Å². The van der Waals surface area contributed by atoms with E-state index in [9.17, 15) is 13.6 Å². The standard InChI is InChI=1S/C18H19F2N3O/c19-13-6-8-16(15(20)10-13)23-17-9-7-14(11-21-17)22-18(24)12-4-2-1-3-5-12/h6-12H,1-5H2,(H,21,23)(H,22,24). The van der Waals surface area contributed by atoms with E-state index in [-0.39, 0.29) is 17.5 Å². The second-order valence-electron chi connectivity index (χ2n) is 6.01. The zero-order valence-electron chi connectivity index (χ0n) is 13.2.